The molecule has 0 radical (unpaired) electrons. The maximum atomic E-state index is 11.2. The van der Waals surface area contributed by atoms with Gasteiger partial charge in [0.05, 0.1) is 12.0 Å². The van der Waals surface area contributed by atoms with E-state index in [1.165, 1.54) is 0 Å². The first-order chi connectivity index (χ1) is 5.63. The van der Waals surface area contributed by atoms with E-state index in [4.69, 9.17) is 9.47 Å². The van der Waals surface area contributed by atoms with Crippen LogP contribution in [0.3, 0.4) is 0 Å². The lowest BCUT2D eigenvalue weighted by molar-refractivity contribution is -0.145. The molecule has 5 atom stereocenters. The zero-order valence-electron chi connectivity index (χ0n) is 6.69. The molecular weight excluding hydrogens is 160 g/mol. The highest BCUT2D eigenvalue weighted by Gasteiger charge is 2.70. The molecule has 5 unspecified atom stereocenters. The monoisotopic (exact) mass is 170 g/mol. The van der Waals surface area contributed by atoms with Gasteiger partial charge in [-0.3, -0.25) is 4.79 Å². The molecule has 4 heteroatoms. The van der Waals surface area contributed by atoms with E-state index in [0.29, 0.717) is 6.42 Å². The summed E-state index contributed by atoms with van der Waals surface area (Å²) in [5.41, 5.74) is -0.541. The predicted octanol–water partition coefficient (Wildman–Crippen LogP) is -0.550. The number of hydrogen-bond acceptors (Lipinski definition) is 4. The fourth-order valence-electron chi connectivity index (χ4n) is 2.66. The van der Waals surface area contributed by atoms with E-state index < -0.39 is 17.8 Å². The van der Waals surface area contributed by atoms with Gasteiger partial charge in [-0.25, -0.2) is 0 Å². The molecule has 0 spiro atoms. The van der Waals surface area contributed by atoms with Crippen molar-refractivity contribution in [1.82, 2.24) is 0 Å². The van der Waals surface area contributed by atoms with E-state index in [1.807, 2.05) is 6.92 Å². The van der Waals surface area contributed by atoms with Gasteiger partial charge in [0.15, 0.2) is 6.10 Å². The van der Waals surface area contributed by atoms with Gasteiger partial charge in [0.25, 0.3) is 0 Å². The van der Waals surface area contributed by atoms with Crippen molar-refractivity contribution in [2.75, 3.05) is 0 Å². The molecule has 3 aliphatic rings. The number of rotatable bonds is 0. The third kappa shape index (κ3) is 0.499. The van der Waals surface area contributed by atoms with Crippen LogP contribution in [0.2, 0.25) is 0 Å². The predicted molar refractivity (Wildman–Crippen MR) is 37.3 cm³/mol. The number of carbonyl (C=O) groups excluding carboxylic acids is 1. The fraction of sp³-hybridized carbons (Fsp3) is 0.875. The van der Waals surface area contributed by atoms with Crippen LogP contribution in [0.25, 0.3) is 0 Å². The topological polar surface area (TPSA) is 55.8 Å². The van der Waals surface area contributed by atoms with Crippen LogP contribution >= 0.6 is 0 Å². The van der Waals surface area contributed by atoms with Crippen molar-refractivity contribution < 1.29 is 19.4 Å². The molecule has 3 rings (SSSR count). The molecule has 0 saturated carbocycles. The average molecular weight is 170 g/mol. The van der Waals surface area contributed by atoms with E-state index in [0.717, 1.165) is 0 Å². The number of aliphatic hydroxyl groups is 1. The van der Waals surface area contributed by atoms with Gasteiger partial charge in [0.2, 0.25) is 0 Å². The van der Waals surface area contributed by atoms with E-state index in [9.17, 15) is 9.90 Å². The Morgan fingerprint density at radius 3 is 3.00 bits per heavy atom. The molecule has 2 bridgehead atoms. The van der Waals surface area contributed by atoms with Gasteiger partial charge in [-0.1, -0.05) is 0 Å². The van der Waals surface area contributed by atoms with E-state index >= 15 is 0 Å². The smallest absolute Gasteiger partial charge is 0.312 e. The quantitative estimate of drug-likeness (QED) is 0.495. The molecule has 0 aromatic heterocycles. The summed E-state index contributed by atoms with van der Waals surface area (Å²) in [6.45, 7) is 1.85. The van der Waals surface area contributed by atoms with Crippen LogP contribution in [0.5, 0.6) is 0 Å². The van der Waals surface area contributed by atoms with Crippen LogP contribution in [0, 0.1) is 5.92 Å². The van der Waals surface area contributed by atoms with Crippen molar-refractivity contribution in [3.05, 3.63) is 0 Å². The summed E-state index contributed by atoms with van der Waals surface area (Å²) >= 11 is 0. The summed E-state index contributed by atoms with van der Waals surface area (Å²) in [7, 11) is 0. The highest BCUT2D eigenvalue weighted by atomic mass is 16.6. The van der Waals surface area contributed by atoms with Gasteiger partial charge in [-0.05, 0) is 13.3 Å². The molecular formula is C8H10O4. The molecule has 0 aliphatic carbocycles. The normalized spacial score (nSPS) is 61.0. The summed E-state index contributed by atoms with van der Waals surface area (Å²) in [5.74, 6) is -0.350. The summed E-state index contributed by atoms with van der Waals surface area (Å²) < 4.78 is 10.6. The molecule has 3 aliphatic heterocycles. The highest BCUT2D eigenvalue weighted by molar-refractivity contribution is 5.78. The van der Waals surface area contributed by atoms with E-state index in [2.05, 4.69) is 0 Å². The van der Waals surface area contributed by atoms with Gasteiger partial charge in [0.1, 0.15) is 11.7 Å². The number of hydrogen-bond donors (Lipinski definition) is 1. The molecule has 3 saturated heterocycles. The van der Waals surface area contributed by atoms with Gasteiger partial charge in [0, 0.05) is 0 Å². The number of esters is 1. The first kappa shape index (κ1) is 6.86. The lowest BCUT2D eigenvalue weighted by Gasteiger charge is -2.23. The number of aliphatic hydroxyl groups excluding tert-OH is 1. The van der Waals surface area contributed by atoms with Crippen molar-refractivity contribution in [3.63, 3.8) is 0 Å². The van der Waals surface area contributed by atoms with Gasteiger partial charge >= 0.3 is 5.97 Å². The van der Waals surface area contributed by atoms with Gasteiger partial charge in [-0.2, -0.15) is 0 Å². The van der Waals surface area contributed by atoms with Crippen molar-refractivity contribution in [1.29, 1.82) is 0 Å². The molecule has 0 aromatic rings. The van der Waals surface area contributed by atoms with Crippen LogP contribution in [-0.4, -0.2) is 35.0 Å². The molecule has 12 heavy (non-hydrogen) atoms. The maximum absolute atomic E-state index is 11.2. The largest absolute Gasteiger partial charge is 0.456 e. The lowest BCUT2D eigenvalue weighted by atomic mass is 9.79. The van der Waals surface area contributed by atoms with Crippen LogP contribution in [0.15, 0.2) is 0 Å². The zero-order valence-corrected chi connectivity index (χ0v) is 6.69. The van der Waals surface area contributed by atoms with Crippen molar-refractivity contribution in [3.8, 4) is 0 Å². The second-order valence-corrected chi connectivity index (χ2v) is 3.98. The molecule has 66 valence electrons. The molecule has 3 fully saturated rings. The third-order valence-corrected chi connectivity index (χ3v) is 3.35. The van der Waals surface area contributed by atoms with Gasteiger partial charge in [-0.15, -0.1) is 0 Å². The third-order valence-electron chi connectivity index (χ3n) is 3.35. The number of carbonyl (C=O) groups is 1. The summed E-state index contributed by atoms with van der Waals surface area (Å²) in [5, 5.41) is 9.59. The lowest BCUT2D eigenvalue weighted by Crippen LogP contribution is -2.43. The molecule has 0 aromatic carbocycles. The minimum absolute atomic E-state index is 0.143. The Labute approximate surface area is 69.5 Å². The maximum Gasteiger partial charge on any atom is 0.312 e. The Bertz CT molecular complexity index is 264. The zero-order chi connectivity index (χ0) is 8.51. The standard InChI is InChI=1S/C8H10O4/c1-8-3-2-4(12-8)5(9)6(8)11-7(3)10/h3-6,9H,2H2,1H3. The Kier molecular flexibility index (Phi) is 0.957. The van der Waals surface area contributed by atoms with E-state index in [1.54, 1.807) is 0 Å². The van der Waals surface area contributed by atoms with Crippen LogP contribution in [0.1, 0.15) is 13.3 Å². The van der Waals surface area contributed by atoms with Crippen molar-refractivity contribution in [2.45, 2.75) is 37.3 Å². The van der Waals surface area contributed by atoms with Crippen LogP contribution < -0.4 is 0 Å². The number of ether oxygens (including phenoxy) is 2. The van der Waals surface area contributed by atoms with Crippen LogP contribution in [-0.2, 0) is 14.3 Å². The summed E-state index contributed by atoms with van der Waals surface area (Å²) in [6, 6.07) is 0. The van der Waals surface area contributed by atoms with Crippen LogP contribution in [0.4, 0.5) is 0 Å². The summed E-state index contributed by atoms with van der Waals surface area (Å²) in [4.78, 5) is 11.2. The van der Waals surface area contributed by atoms with E-state index in [-0.39, 0.29) is 18.0 Å². The molecule has 4 nitrogen and oxygen atoms in total. The first-order valence-corrected chi connectivity index (χ1v) is 4.19. The highest BCUT2D eigenvalue weighted by Crippen LogP contribution is 2.53. The minimum Gasteiger partial charge on any atom is -0.456 e. The van der Waals surface area contributed by atoms with Crippen molar-refractivity contribution >= 4 is 5.97 Å². The second-order valence-electron chi connectivity index (χ2n) is 3.98. The number of fused-ring (bicyclic) bond motifs is 1. The average Bonchev–Trinajstić information content (AvgIpc) is 2.49. The van der Waals surface area contributed by atoms with Gasteiger partial charge < -0.3 is 14.6 Å². The SMILES string of the molecule is CC12OC3CC1C(=O)OC2C3O. The van der Waals surface area contributed by atoms with Crippen molar-refractivity contribution in [2.24, 2.45) is 5.92 Å². The molecule has 1 N–H and O–H groups in total. The fourth-order valence-corrected chi connectivity index (χ4v) is 2.66. The Morgan fingerprint density at radius 2 is 2.42 bits per heavy atom. The Balaban J connectivity index is 2.11. The molecule has 3 heterocycles. The first-order valence-electron chi connectivity index (χ1n) is 4.19. The minimum atomic E-state index is -0.613. The Hall–Kier alpha value is -0.610. The molecule has 0 amide bonds. The summed E-state index contributed by atoms with van der Waals surface area (Å²) in [6.07, 6.45) is -0.601. The Morgan fingerprint density at radius 1 is 1.67 bits per heavy atom. The second kappa shape index (κ2) is 1.67.